The largest absolute Gasteiger partial charge is 1.00 e. The summed E-state index contributed by atoms with van der Waals surface area (Å²) in [4.78, 5) is 21.0. The van der Waals surface area contributed by atoms with Crippen LogP contribution in [0.25, 0.3) is 11.1 Å². The second-order valence-electron chi connectivity index (χ2n) is 11.1. The molecule has 0 aliphatic heterocycles. The zero-order valence-corrected chi connectivity index (χ0v) is 32.3. The molecule has 3 nitrogen and oxygen atoms in total. The van der Waals surface area contributed by atoms with E-state index >= 15 is 0 Å². The van der Waals surface area contributed by atoms with Crippen molar-refractivity contribution >= 4 is 23.2 Å². The van der Waals surface area contributed by atoms with Gasteiger partial charge in [-0.15, -0.1) is 6.07 Å². The van der Waals surface area contributed by atoms with Gasteiger partial charge in [-0.3, -0.25) is 4.79 Å². The Morgan fingerprint density at radius 2 is 1.60 bits per heavy atom. The molecule has 0 atom stereocenters. The number of aliphatic hydroxyl groups excluding tert-OH is 1. The Morgan fingerprint density at radius 3 is 1.95 bits per heavy atom. The normalized spacial score (nSPS) is 13.4. The molecule has 1 N–H and O–H groups in total. The van der Waals surface area contributed by atoms with Crippen molar-refractivity contribution in [2.45, 2.75) is 119 Å². The van der Waals surface area contributed by atoms with Crippen LogP contribution in [0.2, 0.25) is 0 Å². The smallest absolute Gasteiger partial charge is 0.398 e. The van der Waals surface area contributed by atoms with E-state index in [1.807, 2.05) is 52.2 Å². The number of rotatable bonds is 10. The van der Waals surface area contributed by atoms with E-state index in [-0.39, 0.29) is 69.2 Å². The fourth-order valence-electron chi connectivity index (χ4n) is 4.48. The number of benzene rings is 2. The first kappa shape index (κ1) is 44.0. The Morgan fingerprint density at radius 1 is 1.05 bits per heavy atom. The van der Waals surface area contributed by atoms with Crippen molar-refractivity contribution in [3.05, 3.63) is 95.8 Å². The van der Waals surface area contributed by atoms with E-state index < -0.39 is 0 Å². The van der Waals surface area contributed by atoms with Crippen molar-refractivity contribution in [3.8, 4) is 0 Å². The quantitative estimate of drug-likeness (QED) is 0.178. The third kappa shape index (κ3) is 14.7. The van der Waals surface area contributed by atoms with E-state index in [2.05, 4.69) is 78.8 Å². The van der Waals surface area contributed by atoms with E-state index in [0.29, 0.717) is 23.8 Å². The molecule has 0 saturated heterocycles. The molecule has 0 radical (unpaired) electrons. The van der Waals surface area contributed by atoms with Crippen molar-refractivity contribution in [1.29, 1.82) is 0 Å². The van der Waals surface area contributed by atoms with Crippen LogP contribution in [-0.2, 0) is 21.4 Å². The Hall–Kier alpha value is -1.14. The van der Waals surface area contributed by atoms with Gasteiger partial charge < -0.3 is 23.7 Å². The van der Waals surface area contributed by atoms with Crippen LogP contribution < -0.4 is 51.4 Å². The van der Waals surface area contributed by atoms with Gasteiger partial charge in [-0.05, 0) is 91.4 Å². The number of hydrogen-bond donors (Lipinski definition) is 1. The summed E-state index contributed by atoms with van der Waals surface area (Å²) in [7, 11) is 0. The fourth-order valence-corrected chi connectivity index (χ4v) is 4.48. The maximum absolute atomic E-state index is 10.9. The number of carbonyl (C=O) groups excluding carboxylic acids is 2. The number of allylic oxidation sites excluding steroid dienone is 4. The molecule has 2 aromatic rings. The van der Waals surface area contributed by atoms with Gasteiger partial charge in [0.2, 0.25) is 0 Å². The third-order valence-electron chi connectivity index (χ3n) is 7.86. The van der Waals surface area contributed by atoms with Gasteiger partial charge in [0.1, 0.15) is 5.78 Å². The molecule has 4 heteroatoms. The van der Waals surface area contributed by atoms with Gasteiger partial charge in [-0.1, -0.05) is 84.4 Å². The summed E-state index contributed by atoms with van der Waals surface area (Å²) >= 11 is 0. The van der Waals surface area contributed by atoms with E-state index in [9.17, 15) is 9.59 Å². The van der Waals surface area contributed by atoms with Gasteiger partial charge in [-0.2, -0.15) is 30.5 Å². The first-order valence-electron chi connectivity index (χ1n) is 15.7. The van der Waals surface area contributed by atoms with Gasteiger partial charge in [0, 0.05) is 5.92 Å². The van der Waals surface area contributed by atoms with Crippen LogP contribution in [0.4, 0.5) is 0 Å². The predicted molar refractivity (Wildman–Crippen MR) is 183 cm³/mol. The maximum Gasteiger partial charge on any atom is 1.00 e. The van der Waals surface area contributed by atoms with Crippen LogP contribution in [0.5, 0.6) is 0 Å². The van der Waals surface area contributed by atoms with Crippen LogP contribution in [0.3, 0.4) is 0 Å². The van der Waals surface area contributed by atoms with Crippen molar-refractivity contribution in [3.63, 3.8) is 0 Å². The van der Waals surface area contributed by atoms with Crippen molar-refractivity contribution < 1.29 is 66.1 Å². The third-order valence-corrected chi connectivity index (χ3v) is 7.86. The molecule has 234 valence electrons. The molecular weight excluding hydrogens is 556 g/mol. The molecule has 0 aromatic heterocycles. The molecule has 1 saturated carbocycles. The number of aliphatic hydroxyl groups is 1. The molecule has 0 heterocycles. The number of ketones is 1. The molecular formula is C39H57KO3-2. The minimum Gasteiger partial charge on any atom is -0.398 e. The summed E-state index contributed by atoms with van der Waals surface area (Å²) in [5.41, 5.74) is 10.1. The predicted octanol–water partition coefficient (Wildman–Crippen LogP) is 7.02. The summed E-state index contributed by atoms with van der Waals surface area (Å²) in [6, 6.07) is 12.8. The standard InChI is InChI=1S/C27H31O.2C5H10O.C2H6.K/c1-6-22-10-11-24(17-26(22)27(8-3)13-14-27)23(7-2)16-20(5)25-12-9-21(18-28)15-19(25)4;1-4(2)5(3)6;1-3-5(6)4-2;1-2;/h7,9-12,15-17H,6,8,13-14H2,1-5H3;4H,1-3H3;5-6H,1-4H2;1-2H3;/q-1;;-2;;+1/b20-16+,23-7+;;;;. The topological polar surface area (TPSA) is 54.4 Å². The first-order chi connectivity index (χ1) is 19.9. The molecule has 1 aliphatic carbocycles. The second-order valence-corrected chi connectivity index (χ2v) is 11.1. The van der Waals surface area contributed by atoms with Crippen molar-refractivity contribution in [1.82, 2.24) is 0 Å². The molecule has 1 fully saturated rings. The van der Waals surface area contributed by atoms with Crippen LogP contribution in [-0.4, -0.2) is 23.3 Å². The summed E-state index contributed by atoms with van der Waals surface area (Å²) in [5.74, 6) is 0.472. The van der Waals surface area contributed by atoms with Crippen molar-refractivity contribution in [2.24, 2.45) is 5.92 Å². The minimum absolute atomic E-state index is 0. The number of carbonyl (C=O) groups is 1. The molecule has 43 heavy (non-hydrogen) atoms. The Labute approximate surface area is 307 Å². The van der Waals surface area contributed by atoms with Gasteiger partial charge in [0.05, 0.1) is 6.29 Å². The first-order valence-corrected chi connectivity index (χ1v) is 15.7. The summed E-state index contributed by atoms with van der Waals surface area (Å²) in [6.07, 6.45) is 12.3. The van der Waals surface area contributed by atoms with Crippen LogP contribution in [0.1, 0.15) is 128 Å². The molecule has 0 amide bonds. The Bertz CT molecular complexity index is 1160. The molecule has 0 unspecified atom stereocenters. The van der Waals surface area contributed by atoms with Crippen molar-refractivity contribution in [2.75, 3.05) is 0 Å². The van der Waals surface area contributed by atoms with E-state index in [4.69, 9.17) is 5.11 Å². The van der Waals surface area contributed by atoms with E-state index in [0.717, 1.165) is 12.0 Å². The average molecular weight is 613 g/mol. The van der Waals surface area contributed by atoms with Gasteiger partial charge in [-0.25, -0.2) is 0 Å². The molecule has 1 aliphatic rings. The molecule has 2 aromatic carbocycles. The SMILES string of the molecule is C/C=C(\C=C(/C)c1ccc([C-]=O)cc1C)c1ccc(CC)c(C2(CC)CC2)c1.CC.CC(=O)C(C)C.[CH2-]CC(O)C[CH2-].[K+]. The molecule has 3 rings (SSSR count). The fraction of sp³-hybridized carbons (Fsp3) is 0.487. The maximum atomic E-state index is 10.9. The molecule has 0 bridgehead atoms. The Kier molecular flexibility index (Phi) is 23.8. The Balaban J connectivity index is 0. The van der Waals surface area contributed by atoms with Gasteiger partial charge in [0.25, 0.3) is 0 Å². The summed E-state index contributed by atoms with van der Waals surface area (Å²) < 4.78 is 0. The minimum atomic E-state index is -0.287. The zero-order valence-electron chi connectivity index (χ0n) is 29.2. The zero-order chi connectivity index (χ0) is 32.5. The monoisotopic (exact) mass is 612 g/mol. The van der Waals surface area contributed by atoms with Crippen LogP contribution >= 0.6 is 0 Å². The van der Waals surface area contributed by atoms with Crippen LogP contribution in [0, 0.1) is 26.7 Å². The van der Waals surface area contributed by atoms with Gasteiger partial charge >= 0.3 is 51.4 Å². The number of aryl methyl sites for hydroxylation is 2. The summed E-state index contributed by atoms with van der Waals surface area (Å²) in [5, 5.41) is 8.54. The second kappa shape index (κ2) is 23.2. The molecule has 0 spiro atoms. The average Bonchev–Trinajstić information content (AvgIpc) is 3.81. The van der Waals surface area contributed by atoms with Crippen LogP contribution in [0.15, 0.2) is 48.6 Å². The summed E-state index contributed by atoms with van der Waals surface area (Å²) in [6.45, 7) is 27.2. The number of hydrogen-bond acceptors (Lipinski definition) is 3. The van der Waals surface area contributed by atoms with E-state index in [1.165, 1.54) is 47.1 Å². The van der Waals surface area contributed by atoms with E-state index in [1.54, 1.807) is 12.5 Å². The van der Waals surface area contributed by atoms with Gasteiger partial charge in [0.15, 0.2) is 0 Å². The number of Topliss-reactive ketones (excluding diaryl/α,β-unsaturated/α-hetero) is 1.